The van der Waals surface area contributed by atoms with Gasteiger partial charge in [-0.15, -0.1) is 0 Å². The topological polar surface area (TPSA) is 71.0 Å². The summed E-state index contributed by atoms with van der Waals surface area (Å²) in [7, 11) is 0. The number of aromatic nitrogens is 3. The van der Waals surface area contributed by atoms with Crippen LogP contribution in [0.15, 0.2) is 55.0 Å². The first-order chi connectivity index (χ1) is 13.6. The van der Waals surface area contributed by atoms with E-state index in [0.29, 0.717) is 5.56 Å². The van der Waals surface area contributed by atoms with E-state index in [1.807, 2.05) is 25.1 Å². The fourth-order valence-corrected chi connectivity index (χ4v) is 3.34. The number of fused-ring (bicyclic) bond motifs is 1. The van der Waals surface area contributed by atoms with Crippen LogP contribution in [-0.2, 0) is 6.42 Å². The zero-order chi connectivity index (χ0) is 19.5. The fourth-order valence-electron chi connectivity index (χ4n) is 3.34. The highest BCUT2D eigenvalue weighted by Gasteiger charge is 2.22. The molecule has 1 N–H and O–H groups in total. The van der Waals surface area contributed by atoms with Crippen LogP contribution < -0.4 is 10.2 Å². The molecule has 3 heterocycles. The molecular weight excluding hydrogens is 357 g/mol. The molecule has 0 spiro atoms. The van der Waals surface area contributed by atoms with Gasteiger partial charge in [-0.2, -0.15) is 0 Å². The van der Waals surface area contributed by atoms with Gasteiger partial charge in [0.1, 0.15) is 18.0 Å². The molecule has 4 rings (SSSR count). The maximum Gasteiger partial charge on any atom is 0.251 e. The second-order valence-corrected chi connectivity index (χ2v) is 6.73. The van der Waals surface area contributed by atoms with Gasteiger partial charge in [0.25, 0.3) is 5.91 Å². The summed E-state index contributed by atoms with van der Waals surface area (Å²) in [6, 6.07) is 11.1. The Kier molecular flexibility index (Phi) is 4.97. The van der Waals surface area contributed by atoms with E-state index >= 15 is 0 Å². The third-order valence-electron chi connectivity index (χ3n) is 4.80. The van der Waals surface area contributed by atoms with Gasteiger partial charge >= 0.3 is 0 Å². The highest BCUT2D eigenvalue weighted by atomic mass is 19.1. The van der Waals surface area contributed by atoms with E-state index in [1.54, 1.807) is 12.5 Å². The molecule has 0 saturated heterocycles. The predicted molar refractivity (Wildman–Crippen MR) is 104 cm³/mol. The normalized spacial score (nSPS) is 14.3. The summed E-state index contributed by atoms with van der Waals surface area (Å²) in [4.78, 5) is 27.6. The van der Waals surface area contributed by atoms with Gasteiger partial charge in [-0.05, 0) is 62.2 Å². The second-order valence-electron chi connectivity index (χ2n) is 6.73. The summed E-state index contributed by atoms with van der Waals surface area (Å²) in [6.07, 6.45) is 5.12. The summed E-state index contributed by atoms with van der Waals surface area (Å²) < 4.78 is 13.0. The van der Waals surface area contributed by atoms with E-state index < -0.39 is 0 Å². The Labute approximate surface area is 162 Å². The van der Waals surface area contributed by atoms with Crippen molar-refractivity contribution in [2.24, 2.45) is 0 Å². The number of nitrogens with zero attached hydrogens (tertiary/aromatic N) is 4. The SMILES string of the molecule is C[C@@H](NC(=O)c1ccc(F)cc1)c1ccc2c(n1)CCCN2c1ccncn1. The molecule has 142 valence electrons. The van der Waals surface area contributed by atoms with E-state index in [1.165, 1.54) is 24.3 Å². The third kappa shape index (κ3) is 3.69. The second kappa shape index (κ2) is 7.72. The lowest BCUT2D eigenvalue weighted by Gasteiger charge is -2.30. The lowest BCUT2D eigenvalue weighted by atomic mass is 10.1. The van der Waals surface area contributed by atoms with Crippen LogP contribution in [0.1, 0.15) is 41.1 Å². The van der Waals surface area contributed by atoms with Gasteiger partial charge in [0, 0.05) is 18.3 Å². The van der Waals surface area contributed by atoms with Crippen molar-refractivity contribution in [1.82, 2.24) is 20.3 Å². The molecule has 1 amide bonds. The molecule has 0 bridgehead atoms. The molecule has 1 aromatic carbocycles. The molecular formula is C21H20FN5O. The van der Waals surface area contributed by atoms with Crippen LogP contribution in [0, 0.1) is 5.82 Å². The number of carbonyl (C=O) groups excluding carboxylic acids is 1. The van der Waals surface area contributed by atoms with Gasteiger partial charge in [-0.1, -0.05) is 0 Å². The van der Waals surface area contributed by atoms with Crippen LogP contribution in [0.25, 0.3) is 0 Å². The molecule has 28 heavy (non-hydrogen) atoms. The van der Waals surface area contributed by atoms with Crippen molar-refractivity contribution < 1.29 is 9.18 Å². The zero-order valence-electron chi connectivity index (χ0n) is 15.5. The summed E-state index contributed by atoms with van der Waals surface area (Å²) in [5.41, 5.74) is 3.23. The molecule has 1 aliphatic heterocycles. The zero-order valence-corrected chi connectivity index (χ0v) is 15.5. The highest BCUT2D eigenvalue weighted by Crippen LogP contribution is 2.32. The quantitative estimate of drug-likeness (QED) is 0.752. The summed E-state index contributed by atoms with van der Waals surface area (Å²) in [6.45, 7) is 2.77. The van der Waals surface area contributed by atoms with E-state index in [2.05, 4.69) is 20.2 Å². The number of halogens is 1. The monoisotopic (exact) mass is 377 g/mol. The number of nitrogens with one attached hydrogen (secondary N) is 1. The molecule has 2 aromatic heterocycles. The number of pyridine rings is 1. The molecule has 0 saturated carbocycles. The predicted octanol–water partition coefficient (Wildman–Crippen LogP) is 3.59. The van der Waals surface area contributed by atoms with Gasteiger partial charge in [-0.3, -0.25) is 9.78 Å². The van der Waals surface area contributed by atoms with Gasteiger partial charge in [-0.25, -0.2) is 14.4 Å². The summed E-state index contributed by atoms with van der Waals surface area (Å²) in [5.74, 6) is 0.229. The number of hydrogen-bond donors (Lipinski definition) is 1. The molecule has 7 heteroatoms. The minimum Gasteiger partial charge on any atom is -0.344 e. The number of aryl methyl sites for hydroxylation is 1. The Morgan fingerprint density at radius 1 is 1.18 bits per heavy atom. The van der Waals surface area contributed by atoms with E-state index in [-0.39, 0.29) is 17.8 Å². The average molecular weight is 377 g/mol. The maximum absolute atomic E-state index is 13.0. The van der Waals surface area contributed by atoms with Crippen LogP contribution in [0.4, 0.5) is 15.9 Å². The lowest BCUT2D eigenvalue weighted by molar-refractivity contribution is 0.0939. The van der Waals surface area contributed by atoms with Crippen molar-refractivity contribution in [1.29, 1.82) is 0 Å². The molecule has 1 aliphatic rings. The van der Waals surface area contributed by atoms with Crippen LogP contribution in [-0.4, -0.2) is 27.4 Å². The third-order valence-corrected chi connectivity index (χ3v) is 4.80. The van der Waals surface area contributed by atoms with Crippen LogP contribution in [0.2, 0.25) is 0 Å². The minimum atomic E-state index is -0.366. The van der Waals surface area contributed by atoms with Gasteiger partial charge in [0.05, 0.1) is 23.1 Å². The van der Waals surface area contributed by atoms with Gasteiger partial charge < -0.3 is 10.2 Å². The Hall–Kier alpha value is -3.35. The van der Waals surface area contributed by atoms with E-state index in [0.717, 1.165) is 42.3 Å². The number of rotatable bonds is 4. The summed E-state index contributed by atoms with van der Waals surface area (Å²) >= 11 is 0. The van der Waals surface area contributed by atoms with Crippen LogP contribution in [0.3, 0.4) is 0 Å². The smallest absolute Gasteiger partial charge is 0.251 e. The molecule has 0 aliphatic carbocycles. The molecule has 0 fully saturated rings. The fraction of sp³-hybridized carbons (Fsp3) is 0.238. The first-order valence-electron chi connectivity index (χ1n) is 9.21. The van der Waals surface area contributed by atoms with Crippen molar-refractivity contribution in [3.63, 3.8) is 0 Å². The van der Waals surface area contributed by atoms with E-state index in [9.17, 15) is 9.18 Å². The van der Waals surface area contributed by atoms with Crippen molar-refractivity contribution >= 4 is 17.4 Å². The molecule has 1 atom stereocenters. The van der Waals surface area contributed by atoms with Gasteiger partial charge in [0.15, 0.2) is 0 Å². The van der Waals surface area contributed by atoms with Crippen molar-refractivity contribution in [3.05, 3.63) is 77.8 Å². The van der Waals surface area contributed by atoms with Crippen LogP contribution in [0.5, 0.6) is 0 Å². The van der Waals surface area contributed by atoms with Crippen molar-refractivity contribution in [2.75, 3.05) is 11.4 Å². The lowest BCUT2D eigenvalue weighted by Crippen LogP contribution is -2.29. The molecule has 6 nitrogen and oxygen atoms in total. The van der Waals surface area contributed by atoms with Gasteiger partial charge in [0.2, 0.25) is 0 Å². The number of carbonyl (C=O) groups is 1. The first-order valence-corrected chi connectivity index (χ1v) is 9.21. The number of amides is 1. The Morgan fingerprint density at radius 3 is 2.75 bits per heavy atom. The summed E-state index contributed by atoms with van der Waals surface area (Å²) in [5, 5.41) is 2.92. The number of anilines is 2. The Bertz CT molecular complexity index is 978. The molecule has 0 unspecified atom stereocenters. The standard InChI is InChI=1S/C21H20FN5O/c1-14(25-21(28)15-4-6-16(22)7-5-15)17-8-9-19-18(26-17)3-2-12-27(19)20-10-11-23-13-24-20/h4-11,13-14H,2-3,12H2,1H3,(H,25,28)/t14-/m1/s1. The average Bonchev–Trinajstić information content (AvgIpc) is 2.74. The van der Waals surface area contributed by atoms with Crippen molar-refractivity contribution in [2.45, 2.75) is 25.8 Å². The number of benzene rings is 1. The van der Waals surface area contributed by atoms with E-state index in [4.69, 9.17) is 4.98 Å². The molecule has 0 radical (unpaired) electrons. The highest BCUT2D eigenvalue weighted by molar-refractivity contribution is 5.94. The largest absolute Gasteiger partial charge is 0.344 e. The minimum absolute atomic E-state index is 0.255. The van der Waals surface area contributed by atoms with Crippen molar-refractivity contribution in [3.8, 4) is 0 Å². The Balaban J connectivity index is 1.53. The first kappa shape index (κ1) is 18.0. The van der Waals surface area contributed by atoms with Crippen LogP contribution >= 0.6 is 0 Å². The maximum atomic E-state index is 13.0. The Morgan fingerprint density at radius 2 is 2.00 bits per heavy atom. The number of hydrogen-bond acceptors (Lipinski definition) is 5. The molecule has 3 aromatic rings.